The van der Waals surface area contributed by atoms with Crippen molar-refractivity contribution in [3.05, 3.63) is 16.3 Å². The molecule has 1 aromatic heterocycles. The first-order valence-electron chi connectivity index (χ1n) is 4.13. The highest BCUT2D eigenvalue weighted by Crippen LogP contribution is 2.25. The summed E-state index contributed by atoms with van der Waals surface area (Å²) in [6, 6.07) is -0.472. The number of nitro groups is 1. The van der Waals surface area contributed by atoms with E-state index in [1.807, 2.05) is 0 Å². The number of amides is 1. The van der Waals surface area contributed by atoms with Crippen LogP contribution >= 0.6 is 11.3 Å². The molecule has 8 heteroatoms. The number of nitrogens with zero attached hydrogens (tertiary/aromatic N) is 2. The first-order chi connectivity index (χ1) is 7.04. The van der Waals surface area contributed by atoms with Crippen molar-refractivity contribution in [1.82, 2.24) is 10.3 Å². The zero-order valence-corrected chi connectivity index (χ0v) is 9.00. The number of carbonyl (C=O) groups is 1. The molecule has 0 aliphatic rings. The summed E-state index contributed by atoms with van der Waals surface area (Å²) >= 11 is 0.896. The van der Waals surface area contributed by atoms with Crippen molar-refractivity contribution >= 4 is 27.4 Å². The lowest BCUT2D eigenvalue weighted by molar-refractivity contribution is -0.380. The third-order valence-corrected chi connectivity index (χ3v) is 2.53. The molecule has 0 saturated heterocycles. The fourth-order valence-corrected chi connectivity index (χ4v) is 1.60. The summed E-state index contributed by atoms with van der Waals surface area (Å²) in [6.45, 7) is 1.64. The van der Waals surface area contributed by atoms with Crippen molar-refractivity contribution in [3.8, 4) is 0 Å². The lowest BCUT2D eigenvalue weighted by atomic mass is 10.3. The van der Waals surface area contributed by atoms with Gasteiger partial charge in [0.05, 0.1) is 4.92 Å². The summed E-state index contributed by atoms with van der Waals surface area (Å²) in [6.07, 6.45) is 1.16. The van der Waals surface area contributed by atoms with Crippen LogP contribution in [0.1, 0.15) is 6.92 Å². The Morgan fingerprint density at radius 2 is 2.40 bits per heavy atom. The predicted molar refractivity (Wildman–Crippen MR) is 55.9 cm³/mol. The molecule has 0 aliphatic heterocycles. The maximum absolute atomic E-state index is 11.1. The molecular formula is C7H10N4O3S. The smallest absolute Gasteiger partial charge is 0.345 e. The number of carbonyl (C=O) groups excluding carboxylic acids is 1. The zero-order valence-electron chi connectivity index (χ0n) is 8.18. The van der Waals surface area contributed by atoms with E-state index in [1.165, 1.54) is 7.05 Å². The molecule has 0 bridgehead atoms. The molecule has 1 rings (SSSR count). The van der Waals surface area contributed by atoms with Crippen molar-refractivity contribution < 1.29 is 9.72 Å². The average Bonchev–Trinajstić information content (AvgIpc) is 2.65. The van der Waals surface area contributed by atoms with E-state index in [-0.39, 0.29) is 10.9 Å². The van der Waals surface area contributed by atoms with Crippen LogP contribution in [0.5, 0.6) is 0 Å². The van der Waals surface area contributed by atoms with E-state index in [9.17, 15) is 14.9 Å². The van der Waals surface area contributed by atoms with Crippen LogP contribution in [0.25, 0.3) is 0 Å². The molecule has 1 atom stereocenters. The van der Waals surface area contributed by atoms with E-state index in [4.69, 9.17) is 0 Å². The summed E-state index contributed by atoms with van der Waals surface area (Å²) in [4.78, 5) is 24.7. The molecule has 0 aliphatic carbocycles. The summed E-state index contributed by atoms with van der Waals surface area (Å²) in [5, 5.41) is 15.9. The van der Waals surface area contributed by atoms with Gasteiger partial charge >= 0.3 is 5.00 Å². The third kappa shape index (κ3) is 2.88. The number of thiazole rings is 1. The highest BCUT2D eigenvalue weighted by molar-refractivity contribution is 7.18. The second-order valence-electron chi connectivity index (χ2n) is 2.74. The zero-order chi connectivity index (χ0) is 11.4. The van der Waals surface area contributed by atoms with Gasteiger partial charge in [-0.1, -0.05) is 0 Å². The molecular weight excluding hydrogens is 220 g/mol. The summed E-state index contributed by atoms with van der Waals surface area (Å²) in [5.41, 5.74) is 0. The molecule has 1 amide bonds. The molecule has 0 fully saturated rings. The van der Waals surface area contributed by atoms with Crippen LogP contribution in [0.2, 0.25) is 0 Å². The van der Waals surface area contributed by atoms with Crippen molar-refractivity contribution in [2.75, 3.05) is 12.4 Å². The van der Waals surface area contributed by atoms with E-state index in [0.29, 0.717) is 5.13 Å². The maximum Gasteiger partial charge on any atom is 0.345 e. The van der Waals surface area contributed by atoms with Gasteiger partial charge in [0, 0.05) is 7.05 Å². The number of likely N-dealkylation sites (N-methyl/N-ethyl adjacent to an activating group) is 1. The molecule has 2 N–H and O–H groups in total. The van der Waals surface area contributed by atoms with Crippen LogP contribution < -0.4 is 10.6 Å². The highest BCUT2D eigenvalue weighted by Gasteiger charge is 2.15. The second-order valence-corrected chi connectivity index (χ2v) is 3.75. The molecule has 0 aromatic carbocycles. The van der Waals surface area contributed by atoms with Crippen LogP contribution in [0.3, 0.4) is 0 Å². The van der Waals surface area contributed by atoms with Gasteiger partial charge in [-0.3, -0.25) is 14.9 Å². The number of anilines is 1. The number of rotatable bonds is 4. The van der Waals surface area contributed by atoms with Gasteiger partial charge < -0.3 is 10.6 Å². The van der Waals surface area contributed by atoms with Crippen LogP contribution in [0.15, 0.2) is 6.20 Å². The van der Waals surface area contributed by atoms with Crippen LogP contribution in [-0.2, 0) is 4.79 Å². The Morgan fingerprint density at radius 3 is 2.87 bits per heavy atom. The quantitative estimate of drug-likeness (QED) is 0.583. The molecule has 1 aromatic rings. The standard InChI is InChI=1S/C7H10N4O3S/c1-4(6(12)8-2)10-7-9-3-5(15-7)11(13)14/h3-4H,1-2H3,(H,8,12)(H,9,10). The van der Waals surface area contributed by atoms with E-state index in [2.05, 4.69) is 15.6 Å². The van der Waals surface area contributed by atoms with E-state index < -0.39 is 11.0 Å². The lowest BCUT2D eigenvalue weighted by Gasteiger charge is -2.09. The van der Waals surface area contributed by atoms with E-state index >= 15 is 0 Å². The molecule has 15 heavy (non-hydrogen) atoms. The molecule has 7 nitrogen and oxygen atoms in total. The van der Waals surface area contributed by atoms with Gasteiger partial charge in [0.25, 0.3) is 0 Å². The Hall–Kier alpha value is -1.70. The summed E-state index contributed by atoms with van der Waals surface area (Å²) in [7, 11) is 1.52. The number of aromatic nitrogens is 1. The minimum absolute atomic E-state index is 0.0541. The first kappa shape index (κ1) is 11.4. The first-order valence-corrected chi connectivity index (χ1v) is 4.94. The van der Waals surface area contributed by atoms with Crippen molar-refractivity contribution in [2.24, 2.45) is 0 Å². The van der Waals surface area contributed by atoms with E-state index in [0.717, 1.165) is 17.5 Å². The number of hydrogen-bond acceptors (Lipinski definition) is 6. The van der Waals surface area contributed by atoms with Crippen molar-refractivity contribution in [1.29, 1.82) is 0 Å². The van der Waals surface area contributed by atoms with Gasteiger partial charge in [-0.05, 0) is 18.3 Å². The summed E-state index contributed by atoms with van der Waals surface area (Å²) in [5.74, 6) is -0.201. The normalized spacial score (nSPS) is 11.9. The molecule has 1 heterocycles. The van der Waals surface area contributed by atoms with Crippen molar-refractivity contribution in [3.63, 3.8) is 0 Å². The Bertz CT molecular complexity index is 378. The van der Waals surface area contributed by atoms with Gasteiger partial charge in [0.1, 0.15) is 12.2 Å². The van der Waals surface area contributed by atoms with Gasteiger partial charge in [-0.2, -0.15) is 0 Å². The van der Waals surface area contributed by atoms with Crippen molar-refractivity contribution in [2.45, 2.75) is 13.0 Å². The number of nitrogens with one attached hydrogen (secondary N) is 2. The third-order valence-electron chi connectivity index (χ3n) is 1.65. The maximum atomic E-state index is 11.1. The minimum atomic E-state index is -0.520. The van der Waals surface area contributed by atoms with E-state index in [1.54, 1.807) is 6.92 Å². The largest absolute Gasteiger partial charge is 0.357 e. The molecule has 0 spiro atoms. The molecule has 1 unspecified atom stereocenters. The van der Waals surface area contributed by atoms with Gasteiger partial charge in [0.2, 0.25) is 5.91 Å². The Balaban J connectivity index is 2.65. The van der Waals surface area contributed by atoms with Crippen LogP contribution in [0, 0.1) is 10.1 Å². The minimum Gasteiger partial charge on any atom is -0.357 e. The average molecular weight is 230 g/mol. The molecule has 0 saturated carbocycles. The lowest BCUT2D eigenvalue weighted by Crippen LogP contribution is -2.35. The van der Waals surface area contributed by atoms with Gasteiger partial charge in [0.15, 0.2) is 5.13 Å². The fourth-order valence-electron chi connectivity index (χ4n) is 0.884. The highest BCUT2D eigenvalue weighted by atomic mass is 32.1. The van der Waals surface area contributed by atoms with Gasteiger partial charge in [-0.15, -0.1) is 0 Å². The number of hydrogen-bond donors (Lipinski definition) is 2. The Kier molecular flexibility index (Phi) is 3.56. The van der Waals surface area contributed by atoms with Crippen LogP contribution in [-0.4, -0.2) is 28.9 Å². The Labute approximate surface area is 89.7 Å². The Morgan fingerprint density at radius 1 is 1.73 bits per heavy atom. The molecule has 0 radical (unpaired) electrons. The topological polar surface area (TPSA) is 97.2 Å². The summed E-state index contributed by atoms with van der Waals surface area (Å²) < 4.78 is 0. The second kappa shape index (κ2) is 4.69. The molecule has 82 valence electrons. The SMILES string of the molecule is CNC(=O)C(C)Nc1ncc([N+](=O)[O-])s1. The van der Waals surface area contributed by atoms with Gasteiger partial charge in [-0.25, -0.2) is 4.98 Å². The fraction of sp³-hybridized carbons (Fsp3) is 0.429. The van der Waals surface area contributed by atoms with Crippen LogP contribution in [0.4, 0.5) is 10.1 Å². The monoisotopic (exact) mass is 230 g/mol. The predicted octanol–water partition coefficient (Wildman–Crippen LogP) is 0.598.